The van der Waals surface area contributed by atoms with Crippen LogP contribution in [-0.4, -0.2) is 26.1 Å². The van der Waals surface area contributed by atoms with Crippen molar-refractivity contribution in [3.63, 3.8) is 0 Å². The zero-order valence-corrected chi connectivity index (χ0v) is 16.1. The van der Waals surface area contributed by atoms with Crippen LogP contribution in [0, 0.1) is 6.92 Å². The van der Waals surface area contributed by atoms with E-state index < -0.39 is 5.92 Å². The minimum Gasteiger partial charge on any atom is -0.348 e. The van der Waals surface area contributed by atoms with Gasteiger partial charge in [-0.25, -0.2) is 0 Å². The van der Waals surface area contributed by atoms with Crippen LogP contribution in [0.2, 0.25) is 0 Å². The first-order valence-electron chi connectivity index (χ1n) is 9.44. The highest BCUT2D eigenvalue weighted by molar-refractivity contribution is 5.87. The van der Waals surface area contributed by atoms with Gasteiger partial charge in [-0.1, -0.05) is 78.4 Å². The zero-order valence-electron chi connectivity index (χ0n) is 16.1. The highest BCUT2D eigenvalue weighted by Crippen LogP contribution is 2.24. The number of rotatable bonds is 6. The molecule has 1 N–H and O–H groups in total. The smallest absolute Gasteiger partial charge is 0.232 e. The third-order valence-electron chi connectivity index (χ3n) is 4.76. The van der Waals surface area contributed by atoms with E-state index in [9.17, 15) is 4.79 Å². The van der Waals surface area contributed by atoms with E-state index in [4.69, 9.17) is 0 Å². The van der Waals surface area contributed by atoms with Crippen molar-refractivity contribution in [2.75, 3.05) is 0 Å². The number of amides is 1. The summed E-state index contributed by atoms with van der Waals surface area (Å²) in [5.41, 5.74) is 3.89. The van der Waals surface area contributed by atoms with Gasteiger partial charge in [0.25, 0.3) is 0 Å². The van der Waals surface area contributed by atoms with Crippen LogP contribution in [0.25, 0.3) is 5.69 Å². The Morgan fingerprint density at radius 3 is 2.07 bits per heavy atom. The fraction of sp³-hybridized carbons (Fsp3) is 0.130. The van der Waals surface area contributed by atoms with Gasteiger partial charge in [0.2, 0.25) is 5.91 Å². The van der Waals surface area contributed by atoms with Crippen LogP contribution in [0.15, 0.2) is 84.9 Å². The van der Waals surface area contributed by atoms with E-state index in [-0.39, 0.29) is 12.5 Å². The number of nitrogens with one attached hydrogen (secondary N) is 1. The molecule has 0 fully saturated rings. The van der Waals surface area contributed by atoms with Crippen LogP contribution >= 0.6 is 0 Å². The van der Waals surface area contributed by atoms with Crippen LogP contribution in [0.4, 0.5) is 0 Å². The standard InChI is InChI=1S/C23H21N5O/c1-17-12-14-20(15-13-17)28-21(25-26-27-28)16-24-23(29)22(18-8-4-2-5-9-18)19-10-6-3-7-11-19/h2-15,22H,16H2,1H3,(H,24,29). The van der Waals surface area contributed by atoms with Crippen molar-refractivity contribution in [1.29, 1.82) is 0 Å². The molecule has 0 radical (unpaired) electrons. The van der Waals surface area contributed by atoms with Gasteiger partial charge in [0.1, 0.15) is 0 Å². The third-order valence-corrected chi connectivity index (χ3v) is 4.76. The molecule has 29 heavy (non-hydrogen) atoms. The van der Waals surface area contributed by atoms with Crippen LogP contribution < -0.4 is 5.32 Å². The monoisotopic (exact) mass is 383 g/mol. The van der Waals surface area contributed by atoms with Gasteiger partial charge in [0, 0.05) is 0 Å². The number of aromatic nitrogens is 4. The summed E-state index contributed by atoms with van der Waals surface area (Å²) in [5, 5.41) is 14.9. The number of hydrogen-bond acceptors (Lipinski definition) is 4. The second-order valence-electron chi connectivity index (χ2n) is 6.81. The molecule has 0 aliphatic rings. The molecule has 3 aromatic carbocycles. The average Bonchev–Trinajstić information content (AvgIpc) is 3.23. The Labute approximate surface area is 169 Å². The SMILES string of the molecule is Cc1ccc(-n2nnnc2CNC(=O)C(c2ccccc2)c2ccccc2)cc1. The molecule has 4 rings (SSSR count). The summed E-state index contributed by atoms with van der Waals surface area (Å²) in [6.07, 6.45) is 0. The van der Waals surface area contributed by atoms with Gasteiger partial charge in [-0.2, -0.15) is 4.68 Å². The number of carbonyl (C=O) groups excluding carboxylic acids is 1. The lowest BCUT2D eigenvalue weighted by atomic mass is 9.90. The Bertz CT molecular complexity index is 1040. The maximum atomic E-state index is 13.1. The van der Waals surface area contributed by atoms with Gasteiger partial charge in [0.15, 0.2) is 5.82 Å². The highest BCUT2D eigenvalue weighted by atomic mass is 16.1. The van der Waals surface area contributed by atoms with Crippen molar-refractivity contribution in [3.8, 4) is 5.69 Å². The first kappa shape index (κ1) is 18.6. The van der Waals surface area contributed by atoms with Gasteiger partial charge >= 0.3 is 0 Å². The molecule has 0 bridgehead atoms. The molecule has 1 aromatic heterocycles. The molecule has 0 spiro atoms. The van der Waals surface area contributed by atoms with E-state index in [1.54, 1.807) is 4.68 Å². The zero-order chi connectivity index (χ0) is 20.1. The van der Waals surface area contributed by atoms with Crippen molar-refractivity contribution in [2.45, 2.75) is 19.4 Å². The summed E-state index contributed by atoms with van der Waals surface area (Å²) in [6, 6.07) is 27.4. The molecule has 144 valence electrons. The molecule has 0 aliphatic carbocycles. The summed E-state index contributed by atoms with van der Waals surface area (Å²) >= 11 is 0. The number of aryl methyl sites for hydroxylation is 1. The highest BCUT2D eigenvalue weighted by Gasteiger charge is 2.23. The molecule has 0 aliphatic heterocycles. The minimum atomic E-state index is -0.402. The minimum absolute atomic E-state index is 0.0964. The summed E-state index contributed by atoms with van der Waals surface area (Å²) in [4.78, 5) is 13.1. The van der Waals surface area contributed by atoms with E-state index in [0.29, 0.717) is 5.82 Å². The topological polar surface area (TPSA) is 72.7 Å². The Kier molecular flexibility index (Phi) is 5.42. The quantitative estimate of drug-likeness (QED) is 0.554. The maximum Gasteiger partial charge on any atom is 0.232 e. The van der Waals surface area contributed by atoms with E-state index in [1.807, 2.05) is 91.9 Å². The van der Waals surface area contributed by atoms with Gasteiger partial charge in [-0.05, 0) is 40.6 Å². The molecule has 4 aromatic rings. The number of tetrazole rings is 1. The number of hydrogen-bond donors (Lipinski definition) is 1. The molecule has 1 amide bonds. The molecule has 0 atom stereocenters. The largest absolute Gasteiger partial charge is 0.348 e. The predicted octanol–water partition coefficient (Wildman–Crippen LogP) is 3.42. The number of benzene rings is 3. The van der Waals surface area contributed by atoms with E-state index in [1.165, 1.54) is 0 Å². The van der Waals surface area contributed by atoms with E-state index in [0.717, 1.165) is 22.4 Å². The molecule has 6 heteroatoms. The molecule has 6 nitrogen and oxygen atoms in total. The number of carbonyl (C=O) groups is 1. The fourth-order valence-electron chi connectivity index (χ4n) is 3.26. The second-order valence-corrected chi connectivity index (χ2v) is 6.81. The average molecular weight is 383 g/mol. The lowest BCUT2D eigenvalue weighted by Gasteiger charge is -2.17. The Balaban J connectivity index is 1.55. The molecule has 0 unspecified atom stereocenters. The van der Waals surface area contributed by atoms with Crippen molar-refractivity contribution >= 4 is 5.91 Å². The van der Waals surface area contributed by atoms with Crippen LogP contribution in [0.1, 0.15) is 28.4 Å². The fourth-order valence-corrected chi connectivity index (χ4v) is 3.26. The second kappa shape index (κ2) is 8.48. The van der Waals surface area contributed by atoms with Gasteiger partial charge in [0.05, 0.1) is 18.2 Å². The van der Waals surface area contributed by atoms with E-state index in [2.05, 4.69) is 20.8 Å². The van der Waals surface area contributed by atoms with Crippen molar-refractivity contribution in [2.24, 2.45) is 0 Å². The molecule has 0 saturated carbocycles. The summed E-state index contributed by atoms with van der Waals surface area (Å²) in [5.74, 6) is 0.0732. The third kappa shape index (κ3) is 4.21. The molecular weight excluding hydrogens is 362 g/mol. The Morgan fingerprint density at radius 2 is 1.48 bits per heavy atom. The van der Waals surface area contributed by atoms with E-state index >= 15 is 0 Å². The van der Waals surface area contributed by atoms with Crippen LogP contribution in [0.3, 0.4) is 0 Å². The summed E-state index contributed by atoms with van der Waals surface area (Å²) in [7, 11) is 0. The summed E-state index contributed by atoms with van der Waals surface area (Å²) in [6.45, 7) is 2.26. The molecule has 1 heterocycles. The Morgan fingerprint density at radius 1 is 0.897 bits per heavy atom. The van der Waals surface area contributed by atoms with Crippen molar-refractivity contribution < 1.29 is 4.79 Å². The summed E-state index contributed by atoms with van der Waals surface area (Å²) < 4.78 is 1.64. The van der Waals surface area contributed by atoms with Gasteiger partial charge < -0.3 is 5.32 Å². The first-order chi connectivity index (χ1) is 14.2. The van der Waals surface area contributed by atoms with Crippen molar-refractivity contribution in [1.82, 2.24) is 25.5 Å². The number of nitrogens with zero attached hydrogens (tertiary/aromatic N) is 4. The Hall–Kier alpha value is -3.80. The molecule has 0 saturated heterocycles. The molecular formula is C23H21N5O. The first-order valence-corrected chi connectivity index (χ1v) is 9.44. The van der Waals surface area contributed by atoms with Gasteiger partial charge in [-0.3, -0.25) is 4.79 Å². The van der Waals surface area contributed by atoms with Crippen molar-refractivity contribution in [3.05, 3.63) is 107 Å². The van der Waals surface area contributed by atoms with Crippen LogP contribution in [-0.2, 0) is 11.3 Å². The maximum absolute atomic E-state index is 13.1. The predicted molar refractivity (Wildman–Crippen MR) is 110 cm³/mol. The normalized spacial score (nSPS) is 10.8. The van der Waals surface area contributed by atoms with Crippen LogP contribution in [0.5, 0.6) is 0 Å². The van der Waals surface area contributed by atoms with Gasteiger partial charge in [-0.15, -0.1) is 5.10 Å². The lowest BCUT2D eigenvalue weighted by molar-refractivity contribution is -0.121. The lowest BCUT2D eigenvalue weighted by Crippen LogP contribution is -2.30.